The van der Waals surface area contributed by atoms with E-state index in [-0.39, 0.29) is 24.0 Å². The standard InChI is InChI=1S/C21H29N7O.HI/c1-4-29-13-7-11-23-21(25-15-20-27-26-16(2)28(20)3)24-14-17-10-12-22-19-9-6-5-8-18(17)19;/h5-6,8-10,12H,4,7,11,13-15H2,1-3H3,(H2,23,24,25);1H. The molecule has 0 bridgehead atoms. The molecule has 0 aliphatic heterocycles. The van der Waals surface area contributed by atoms with Crippen LogP contribution in [0.5, 0.6) is 0 Å². The van der Waals surface area contributed by atoms with Crippen molar-refractivity contribution in [2.75, 3.05) is 19.8 Å². The number of benzene rings is 1. The molecule has 0 radical (unpaired) electrons. The van der Waals surface area contributed by atoms with Crippen LogP contribution in [0.3, 0.4) is 0 Å². The Balaban J connectivity index is 0.00000320. The minimum atomic E-state index is 0. The first-order valence-electron chi connectivity index (χ1n) is 9.96. The van der Waals surface area contributed by atoms with E-state index >= 15 is 0 Å². The van der Waals surface area contributed by atoms with Crippen LogP contribution in [0.15, 0.2) is 41.5 Å². The fourth-order valence-electron chi connectivity index (χ4n) is 2.92. The summed E-state index contributed by atoms with van der Waals surface area (Å²) in [5.74, 6) is 2.48. The highest BCUT2D eigenvalue weighted by molar-refractivity contribution is 14.0. The van der Waals surface area contributed by atoms with Crippen LogP contribution in [0.1, 0.15) is 30.6 Å². The van der Waals surface area contributed by atoms with Crippen molar-refractivity contribution < 1.29 is 4.74 Å². The van der Waals surface area contributed by atoms with Crippen molar-refractivity contribution in [1.29, 1.82) is 0 Å². The van der Waals surface area contributed by atoms with Crippen LogP contribution in [0, 0.1) is 6.92 Å². The van der Waals surface area contributed by atoms with E-state index < -0.39 is 0 Å². The second-order valence-corrected chi connectivity index (χ2v) is 6.71. The number of nitrogens with one attached hydrogen (secondary N) is 2. The Bertz CT molecular complexity index is 952. The summed E-state index contributed by atoms with van der Waals surface area (Å²) < 4.78 is 7.38. The van der Waals surface area contributed by atoms with Gasteiger partial charge in [0.2, 0.25) is 0 Å². The van der Waals surface area contributed by atoms with Gasteiger partial charge in [0, 0.05) is 38.4 Å². The Hall–Kier alpha value is -2.27. The number of aryl methyl sites for hydroxylation is 1. The number of fused-ring (bicyclic) bond motifs is 1. The van der Waals surface area contributed by atoms with Crippen molar-refractivity contribution in [3.8, 4) is 0 Å². The Labute approximate surface area is 194 Å². The second-order valence-electron chi connectivity index (χ2n) is 6.71. The average molecular weight is 523 g/mol. The van der Waals surface area contributed by atoms with E-state index in [1.54, 1.807) is 0 Å². The van der Waals surface area contributed by atoms with Gasteiger partial charge in [-0.05, 0) is 38.0 Å². The van der Waals surface area contributed by atoms with Crippen molar-refractivity contribution in [3.63, 3.8) is 0 Å². The zero-order chi connectivity index (χ0) is 20.5. The van der Waals surface area contributed by atoms with Gasteiger partial charge in [0.1, 0.15) is 5.82 Å². The Morgan fingerprint density at radius 1 is 1.17 bits per heavy atom. The third-order valence-corrected chi connectivity index (χ3v) is 4.71. The topological polar surface area (TPSA) is 89.2 Å². The van der Waals surface area contributed by atoms with Gasteiger partial charge in [-0.1, -0.05) is 18.2 Å². The number of aromatic nitrogens is 4. The van der Waals surface area contributed by atoms with E-state index in [0.29, 0.717) is 13.1 Å². The van der Waals surface area contributed by atoms with E-state index in [1.165, 1.54) is 0 Å². The minimum absolute atomic E-state index is 0. The highest BCUT2D eigenvalue weighted by Crippen LogP contribution is 2.16. The van der Waals surface area contributed by atoms with Gasteiger partial charge < -0.3 is 19.9 Å². The molecule has 0 atom stereocenters. The molecule has 3 aromatic rings. The maximum Gasteiger partial charge on any atom is 0.191 e. The van der Waals surface area contributed by atoms with E-state index in [1.807, 2.05) is 55.9 Å². The molecule has 3 rings (SSSR count). The lowest BCUT2D eigenvalue weighted by Crippen LogP contribution is -2.38. The number of para-hydroxylation sites is 1. The number of nitrogens with zero attached hydrogens (tertiary/aromatic N) is 5. The lowest BCUT2D eigenvalue weighted by Gasteiger charge is -2.13. The molecule has 2 N–H and O–H groups in total. The van der Waals surface area contributed by atoms with E-state index in [9.17, 15) is 0 Å². The molecule has 0 aliphatic carbocycles. The van der Waals surface area contributed by atoms with Gasteiger partial charge in [0.05, 0.1) is 18.6 Å². The predicted octanol–water partition coefficient (Wildman–Crippen LogP) is 2.95. The maximum absolute atomic E-state index is 5.41. The first kappa shape index (κ1) is 24.0. The zero-order valence-electron chi connectivity index (χ0n) is 17.8. The molecule has 0 aliphatic rings. The van der Waals surface area contributed by atoms with E-state index in [0.717, 1.165) is 60.3 Å². The third kappa shape index (κ3) is 6.63. The smallest absolute Gasteiger partial charge is 0.191 e. The predicted molar refractivity (Wildman–Crippen MR) is 130 cm³/mol. The van der Waals surface area contributed by atoms with Crippen LogP contribution < -0.4 is 10.6 Å². The van der Waals surface area contributed by atoms with Gasteiger partial charge in [-0.2, -0.15) is 0 Å². The number of hydrogen-bond acceptors (Lipinski definition) is 5. The van der Waals surface area contributed by atoms with Crippen LogP contribution in [-0.2, 0) is 24.9 Å². The largest absolute Gasteiger partial charge is 0.382 e. The molecule has 0 spiro atoms. The molecule has 0 unspecified atom stereocenters. The number of halogens is 1. The van der Waals surface area contributed by atoms with Gasteiger partial charge in [-0.15, -0.1) is 34.2 Å². The van der Waals surface area contributed by atoms with E-state index in [4.69, 9.17) is 9.73 Å². The molecule has 1 aromatic carbocycles. The Morgan fingerprint density at radius 3 is 2.77 bits per heavy atom. The molecular formula is C21H30IN7O. The summed E-state index contributed by atoms with van der Waals surface area (Å²) in [4.78, 5) is 9.21. The molecule has 2 aromatic heterocycles. The van der Waals surface area contributed by atoms with Gasteiger partial charge in [-0.25, -0.2) is 4.99 Å². The van der Waals surface area contributed by atoms with Crippen LogP contribution in [0.25, 0.3) is 10.9 Å². The van der Waals surface area contributed by atoms with E-state index in [2.05, 4.69) is 31.9 Å². The normalized spacial score (nSPS) is 11.4. The molecule has 8 nitrogen and oxygen atoms in total. The van der Waals surface area contributed by atoms with Gasteiger partial charge in [0.25, 0.3) is 0 Å². The molecule has 0 saturated heterocycles. The quantitative estimate of drug-likeness (QED) is 0.194. The SMILES string of the molecule is CCOCCCNC(=NCc1ccnc2ccccc12)NCc1nnc(C)n1C.I. The maximum atomic E-state index is 5.41. The number of guanidine groups is 1. The van der Waals surface area contributed by atoms with Gasteiger partial charge in [-0.3, -0.25) is 4.98 Å². The molecule has 0 saturated carbocycles. The summed E-state index contributed by atoms with van der Waals surface area (Å²) in [6.45, 7) is 7.29. The van der Waals surface area contributed by atoms with Crippen molar-refractivity contribution in [3.05, 3.63) is 53.7 Å². The molecular weight excluding hydrogens is 493 g/mol. The molecule has 9 heteroatoms. The highest BCUT2D eigenvalue weighted by atomic mass is 127. The Morgan fingerprint density at radius 2 is 2.00 bits per heavy atom. The second kappa shape index (κ2) is 12.4. The van der Waals surface area contributed by atoms with Crippen LogP contribution in [0.2, 0.25) is 0 Å². The Kier molecular flexibility index (Phi) is 9.95. The summed E-state index contributed by atoms with van der Waals surface area (Å²) in [6, 6.07) is 10.1. The summed E-state index contributed by atoms with van der Waals surface area (Å²) in [7, 11) is 1.96. The summed E-state index contributed by atoms with van der Waals surface area (Å²) >= 11 is 0. The lowest BCUT2D eigenvalue weighted by atomic mass is 10.1. The average Bonchev–Trinajstić information content (AvgIpc) is 3.07. The van der Waals surface area contributed by atoms with Crippen LogP contribution >= 0.6 is 24.0 Å². The number of ether oxygens (including phenoxy) is 1. The van der Waals surface area contributed by atoms with Crippen molar-refractivity contribution in [1.82, 2.24) is 30.4 Å². The fraction of sp³-hybridized carbons (Fsp3) is 0.429. The number of pyridine rings is 1. The van der Waals surface area contributed by atoms with Crippen molar-refractivity contribution in [2.45, 2.75) is 33.4 Å². The molecule has 162 valence electrons. The molecule has 0 fully saturated rings. The first-order valence-corrected chi connectivity index (χ1v) is 9.96. The highest BCUT2D eigenvalue weighted by Gasteiger charge is 2.07. The van der Waals surface area contributed by atoms with Crippen molar-refractivity contribution in [2.24, 2.45) is 12.0 Å². The lowest BCUT2D eigenvalue weighted by molar-refractivity contribution is 0.145. The third-order valence-electron chi connectivity index (χ3n) is 4.71. The molecule has 0 amide bonds. The minimum Gasteiger partial charge on any atom is -0.382 e. The van der Waals surface area contributed by atoms with Gasteiger partial charge in [0.15, 0.2) is 11.8 Å². The molecule has 2 heterocycles. The number of rotatable bonds is 9. The summed E-state index contributed by atoms with van der Waals surface area (Å²) in [5.41, 5.74) is 2.12. The van der Waals surface area contributed by atoms with Gasteiger partial charge >= 0.3 is 0 Å². The van der Waals surface area contributed by atoms with Crippen LogP contribution in [0.4, 0.5) is 0 Å². The van der Waals surface area contributed by atoms with Crippen LogP contribution in [-0.4, -0.2) is 45.5 Å². The fourth-order valence-corrected chi connectivity index (χ4v) is 2.92. The number of hydrogen-bond donors (Lipinski definition) is 2. The monoisotopic (exact) mass is 523 g/mol. The zero-order valence-corrected chi connectivity index (χ0v) is 20.1. The van der Waals surface area contributed by atoms with Crippen molar-refractivity contribution >= 4 is 40.8 Å². The first-order chi connectivity index (χ1) is 14.2. The summed E-state index contributed by atoms with van der Waals surface area (Å²) in [6.07, 6.45) is 2.74. The summed E-state index contributed by atoms with van der Waals surface area (Å²) in [5, 5.41) is 16.2. The molecule has 30 heavy (non-hydrogen) atoms. The number of aliphatic imine (C=N–C) groups is 1.